The number of amides is 2. The summed E-state index contributed by atoms with van der Waals surface area (Å²) in [6.07, 6.45) is 0.0857. The van der Waals surface area contributed by atoms with Gasteiger partial charge in [-0.1, -0.05) is 6.07 Å². The molecular weight excluding hydrogens is 461 g/mol. The van der Waals surface area contributed by atoms with Gasteiger partial charge in [-0.05, 0) is 48.4 Å². The first-order valence-corrected chi connectivity index (χ1v) is 11.4. The van der Waals surface area contributed by atoms with Crippen LogP contribution in [-0.4, -0.2) is 57.7 Å². The Balaban J connectivity index is 1.79. The van der Waals surface area contributed by atoms with Gasteiger partial charge in [0.1, 0.15) is 0 Å². The highest BCUT2D eigenvalue weighted by molar-refractivity contribution is 7.92. The first kappa shape index (κ1) is 24.5. The van der Waals surface area contributed by atoms with Crippen LogP contribution in [0.5, 0.6) is 0 Å². The van der Waals surface area contributed by atoms with Gasteiger partial charge < -0.3 is 15.4 Å². The first-order valence-electron chi connectivity index (χ1n) is 9.93. The average Bonchev–Trinajstić information content (AvgIpc) is 2.78. The molecular formula is C21H21F3N4O4S. The molecule has 0 unspecified atom stereocenters. The maximum Gasteiger partial charge on any atom is 0.501 e. The molecule has 1 saturated heterocycles. The van der Waals surface area contributed by atoms with Gasteiger partial charge in [0.15, 0.2) is 0 Å². The lowest BCUT2D eigenvalue weighted by Gasteiger charge is -2.26. The smallest absolute Gasteiger partial charge is 0.379 e. The zero-order valence-electron chi connectivity index (χ0n) is 17.4. The van der Waals surface area contributed by atoms with E-state index in [1.54, 1.807) is 0 Å². The maximum atomic E-state index is 13.3. The van der Waals surface area contributed by atoms with Gasteiger partial charge >= 0.3 is 11.5 Å². The number of nitriles is 1. The Kier molecular flexibility index (Phi) is 7.57. The molecule has 0 aliphatic carbocycles. The average molecular weight is 482 g/mol. The minimum Gasteiger partial charge on any atom is -0.379 e. The highest BCUT2D eigenvalue weighted by Crippen LogP contribution is 2.34. The maximum absolute atomic E-state index is 13.3. The fourth-order valence-electron chi connectivity index (χ4n) is 3.24. The molecule has 3 rings (SSSR count). The summed E-state index contributed by atoms with van der Waals surface area (Å²) >= 11 is 0. The summed E-state index contributed by atoms with van der Waals surface area (Å²) in [5.41, 5.74) is -4.85. The Bertz CT molecular complexity index is 1140. The number of halogens is 3. The van der Waals surface area contributed by atoms with Crippen molar-refractivity contribution in [2.45, 2.75) is 16.8 Å². The summed E-state index contributed by atoms with van der Waals surface area (Å²) in [7, 11) is -5.63. The summed E-state index contributed by atoms with van der Waals surface area (Å²) in [6, 6.07) is 10.5. The topological polar surface area (TPSA) is 112 Å². The van der Waals surface area contributed by atoms with Crippen LogP contribution in [0.3, 0.4) is 0 Å². The molecule has 0 saturated carbocycles. The van der Waals surface area contributed by atoms with Crippen molar-refractivity contribution in [1.82, 2.24) is 4.90 Å². The van der Waals surface area contributed by atoms with Crippen molar-refractivity contribution in [2.75, 3.05) is 43.5 Å². The number of hydrogen-bond acceptors (Lipinski definition) is 6. The first-order chi connectivity index (χ1) is 15.6. The fourth-order valence-corrected chi connectivity index (χ4v) is 4.29. The molecule has 2 N–H and O–H groups in total. The summed E-state index contributed by atoms with van der Waals surface area (Å²) in [5.74, 6) is 0. The zero-order chi connectivity index (χ0) is 24.1. The third-order valence-electron chi connectivity index (χ3n) is 4.99. The molecule has 0 aromatic heterocycles. The van der Waals surface area contributed by atoms with Gasteiger partial charge in [-0.3, -0.25) is 4.90 Å². The van der Waals surface area contributed by atoms with Crippen LogP contribution in [-0.2, 0) is 21.0 Å². The summed E-state index contributed by atoms with van der Waals surface area (Å²) in [6.45, 7) is 2.60. The van der Waals surface area contributed by atoms with E-state index in [0.29, 0.717) is 44.1 Å². The quantitative estimate of drug-likeness (QED) is 0.653. The van der Waals surface area contributed by atoms with E-state index in [1.165, 1.54) is 36.4 Å². The molecule has 0 spiro atoms. The van der Waals surface area contributed by atoms with Crippen LogP contribution < -0.4 is 10.6 Å². The Morgan fingerprint density at radius 2 is 1.67 bits per heavy atom. The predicted octanol–water partition coefficient (Wildman–Crippen LogP) is 3.37. The number of alkyl halides is 3. The lowest BCUT2D eigenvalue weighted by atomic mass is 10.1. The summed E-state index contributed by atoms with van der Waals surface area (Å²) in [5, 5.41) is 13.6. The number of benzene rings is 2. The van der Waals surface area contributed by atoms with Crippen LogP contribution in [0.2, 0.25) is 0 Å². The minimum atomic E-state index is -5.63. The molecule has 1 heterocycles. The number of carbonyl (C=O) groups excluding carboxylic acids is 1. The monoisotopic (exact) mass is 482 g/mol. The third-order valence-corrected chi connectivity index (χ3v) is 6.56. The van der Waals surface area contributed by atoms with Crippen LogP contribution in [0.25, 0.3) is 0 Å². The highest BCUT2D eigenvalue weighted by atomic mass is 32.2. The second-order valence-corrected chi connectivity index (χ2v) is 9.15. The second kappa shape index (κ2) is 10.2. The molecule has 1 aliphatic heterocycles. The van der Waals surface area contributed by atoms with Crippen molar-refractivity contribution in [2.24, 2.45) is 0 Å². The SMILES string of the molecule is N#Cc1ccc(NC(=O)Nc2ccc(CCN3CCOCC3)c(S(=O)(=O)C(F)(F)F)c2)cc1. The van der Waals surface area contributed by atoms with Gasteiger partial charge in [0.25, 0.3) is 9.84 Å². The van der Waals surface area contributed by atoms with E-state index in [9.17, 15) is 26.4 Å². The molecule has 8 nitrogen and oxygen atoms in total. The number of rotatable bonds is 6. The lowest BCUT2D eigenvalue weighted by molar-refractivity contribution is -0.0436. The van der Waals surface area contributed by atoms with E-state index in [4.69, 9.17) is 10.00 Å². The number of anilines is 2. The van der Waals surface area contributed by atoms with Crippen molar-refractivity contribution < 1.29 is 31.1 Å². The van der Waals surface area contributed by atoms with Crippen molar-refractivity contribution in [3.8, 4) is 6.07 Å². The molecule has 0 radical (unpaired) electrons. The number of nitrogens with one attached hydrogen (secondary N) is 2. The van der Waals surface area contributed by atoms with Crippen molar-refractivity contribution >= 4 is 27.2 Å². The number of carbonyl (C=O) groups is 1. The molecule has 1 aliphatic rings. The van der Waals surface area contributed by atoms with Gasteiger partial charge in [-0.15, -0.1) is 0 Å². The van der Waals surface area contributed by atoms with Gasteiger partial charge in [-0.25, -0.2) is 13.2 Å². The van der Waals surface area contributed by atoms with E-state index in [-0.39, 0.29) is 17.7 Å². The highest BCUT2D eigenvalue weighted by Gasteiger charge is 2.48. The molecule has 2 aromatic carbocycles. The van der Waals surface area contributed by atoms with Crippen LogP contribution in [0.15, 0.2) is 47.4 Å². The zero-order valence-corrected chi connectivity index (χ0v) is 18.2. The minimum absolute atomic E-state index is 0.0110. The molecule has 2 aromatic rings. The number of ether oxygens (including phenoxy) is 1. The Morgan fingerprint density at radius 3 is 2.27 bits per heavy atom. The summed E-state index contributed by atoms with van der Waals surface area (Å²) in [4.78, 5) is 13.3. The molecule has 176 valence electrons. The molecule has 33 heavy (non-hydrogen) atoms. The van der Waals surface area contributed by atoms with Crippen LogP contribution in [0, 0.1) is 11.3 Å². The van der Waals surface area contributed by atoms with E-state index in [1.807, 2.05) is 11.0 Å². The van der Waals surface area contributed by atoms with Crippen LogP contribution in [0.4, 0.5) is 29.3 Å². The van der Waals surface area contributed by atoms with Gasteiger partial charge in [0.2, 0.25) is 0 Å². The third kappa shape index (κ3) is 6.22. The normalized spacial score (nSPS) is 15.0. The van der Waals surface area contributed by atoms with Crippen molar-refractivity contribution in [1.29, 1.82) is 5.26 Å². The molecule has 0 atom stereocenters. The Labute approximate surface area is 188 Å². The van der Waals surface area contributed by atoms with Gasteiger partial charge in [0.05, 0.1) is 29.7 Å². The fraction of sp³-hybridized carbons (Fsp3) is 0.333. The van der Waals surface area contributed by atoms with Gasteiger partial charge in [0, 0.05) is 31.0 Å². The molecule has 0 bridgehead atoms. The van der Waals surface area contributed by atoms with Crippen LogP contribution in [0.1, 0.15) is 11.1 Å². The molecule has 1 fully saturated rings. The molecule has 2 amide bonds. The Hall–Kier alpha value is -3.14. The summed E-state index contributed by atoms with van der Waals surface area (Å²) < 4.78 is 69.5. The van der Waals surface area contributed by atoms with Crippen molar-refractivity contribution in [3.63, 3.8) is 0 Å². The van der Waals surface area contributed by atoms with E-state index >= 15 is 0 Å². The lowest BCUT2D eigenvalue weighted by Crippen LogP contribution is -2.37. The standard InChI is InChI=1S/C21H21F3N4O4S/c22-21(23,24)33(30,31)19-13-18(6-3-16(19)7-8-28-9-11-32-12-10-28)27-20(29)26-17-4-1-15(14-25)2-5-17/h1-6,13H,7-12H2,(H2,26,27,29). The van der Waals surface area contributed by atoms with Crippen LogP contribution >= 0.6 is 0 Å². The largest absolute Gasteiger partial charge is 0.501 e. The molecule has 12 heteroatoms. The number of morpholine rings is 1. The predicted molar refractivity (Wildman–Crippen MR) is 114 cm³/mol. The number of sulfone groups is 1. The van der Waals surface area contributed by atoms with E-state index < -0.39 is 26.3 Å². The van der Waals surface area contributed by atoms with Crippen molar-refractivity contribution in [3.05, 3.63) is 53.6 Å². The number of hydrogen-bond donors (Lipinski definition) is 2. The number of urea groups is 1. The second-order valence-electron chi connectivity index (χ2n) is 7.24. The number of nitrogens with zero attached hydrogens (tertiary/aromatic N) is 2. The van der Waals surface area contributed by atoms with Gasteiger partial charge in [-0.2, -0.15) is 18.4 Å². The Morgan fingerprint density at radius 1 is 1.06 bits per heavy atom. The van der Waals surface area contributed by atoms with E-state index in [2.05, 4.69) is 10.6 Å². The van der Waals surface area contributed by atoms with E-state index in [0.717, 1.165) is 6.07 Å².